The van der Waals surface area contributed by atoms with E-state index in [1.165, 1.54) is 0 Å². The molecule has 1 aliphatic carbocycles. The number of halogens is 2. The number of benzene rings is 1. The molecule has 6 heteroatoms. The second kappa shape index (κ2) is 6.18. The fourth-order valence-corrected chi connectivity index (χ4v) is 2.79. The van der Waals surface area contributed by atoms with Gasteiger partial charge < -0.3 is 10.4 Å². The molecule has 1 atom stereocenters. The Labute approximate surface area is 133 Å². The molecule has 110 valence electrons. The van der Waals surface area contributed by atoms with Crippen LogP contribution in [-0.4, -0.2) is 21.6 Å². The monoisotopic (exact) mass is 323 g/mol. The predicted octanol–water partition coefficient (Wildman–Crippen LogP) is 3.81. The van der Waals surface area contributed by atoms with Crippen LogP contribution in [0, 0.1) is 0 Å². The molecule has 0 amide bonds. The molecule has 0 bridgehead atoms. The number of nitrogens with one attached hydrogen (secondary N) is 1. The quantitative estimate of drug-likeness (QED) is 0.878. The van der Waals surface area contributed by atoms with E-state index in [4.69, 9.17) is 23.2 Å². The predicted molar refractivity (Wildman–Crippen MR) is 83.9 cm³/mol. The van der Waals surface area contributed by atoms with E-state index in [0.717, 1.165) is 18.7 Å². The Morgan fingerprint density at radius 3 is 2.62 bits per heavy atom. The molecule has 1 fully saturated rings. The van der Waals surface area contributed by atoms with Gasteiger partial charge in [-0.2, -0.15) is 0 Å². The molecule has 2 N–H and O–H groups in total. The number of aliphatic hydroxyl groups is 1. The zero-order chi connectivity index (χ0) is 14.8. The van der Waals surface area contributed by atoms with E-state index in [-0.39, 0.29) is 6.54 Å². The summed E-state index contributed by atoms with van der Waals surface area (Å²) in [5.74, 6) is 2.06. The molecule has 0 radical (unpaired) electrons. The average Bonchev–Trinajstić information content (AvgIpc) is 3.30. The zero-order valence-corrected chi connectivity index (χ0v) is 12.8. The second-order valence-electron chi connectivity index (χ2n) is 5.11. The van der Waals surface area contributed by atoms with Gasteiger partial charge in [-0.25, -0.2) is 9.97 Å². The fourth-order valence-electron chi connectivity index (χ4n) is 2.14. The maximum absolute atomic E-state index is 10.3. The molecule has 1 aromatic carbocycles. The first-order valence-electron chi connectivity index (χ1n) is 6.84. The van der Waals surface area contributed by atoms with Gasteiger partial charge in [0.1, 0.15) is 11.6 Å². The van der Waals surface area contributed by atoms with E-state index < -0.39 is 6.10 Å². The van der Waals surface area contributed by atoms with Crippen molar-refractivity contribution in [2.45, 2.75) is 24.9 Å². The SMILES string of the molecule is OC(CNc1ccnc(C2CC2)n1)c1c(Cl)cccc1Cl. The van der Waals surface area contributed by atoms with E-state index >= 15 is 0 Å². The summed E-state index contributed by atoms with van der Waals surface area (Å²) in [6.07, 6.45) is 3.24. The molecule has 1 aromatic heterocycles. The van der Waals surface area contributed by atoms with Gasteiger partial charge in [0.2, 0.25) is 0 Å². The van der Waals surface area contributed by atoms with Gasteiger partial charge in [0.05, 0.1) is 6.10 Å². The van der Waals surface area contributed by atoms with Crippen molar-refractivity contribution >= 4 is 29.0 Å². The highest BCUT2D eigenvalue weighted by atomic mass is 35.5. The van der Waals surface area contributed by atoms with Gasteiger partial charge in [-0.1, -0.05) is 29.3 Å². The number of rotatable bonds is 5. The highest BCUT2D eigenvalue weighted by molar-refractivity contribution is 6.36. The van der Waals surface area contributed by atoms with Crippen molar-refractivity contribution in [3.8, 4) is 0 Å². The number of aliphatic hydroxyl groups excluding tert-OH is 1. The minimum atomic E-state index is -0.800. The zero-order valence-electron chi connectivity index (χ0n) is 11.3. The van der Waals surface area contributed by atoms with E-state index in [1.54, 1.807) is 30.5 Å². The highest BCUT2D eigenvalue weighted by Crippen LogP contribution is 2.38. The van der Waals surface area contributed by atoms with Crippen molar-refractivity contribution in [2.75, 3.05) is 11.9 Å². The Morgan fingerprint density at radius 1 is 1.24 bits per heavy atom. The second-order valence-corrected chi connectivity index (χ2v) is 5.92. The van der Waals surface area contributed by atoms with Crippen LogP contribution in [0.4, 0.5) is 5.82 Å². The smallest absolute Gasteiger partial charge is 0.133 e. The van der Waals surface area contributed by atoms with Gasteiger partial charge >= 0.3 is 0 Å². The third-order valence-corrected chi connectivity index (χ3v) is 4.09. The van der Waals surface area contributed by atoms with E-state index in [1.807, 2.05) is 0 Å². The Bertz CT molecular complexity index is 626. The van der Waals surface area contributed by atoms with E-state index in [2.05, 4.69) is 15.3 Å². The fraction of sp³-hybridized carbons (Fsp3) is 0.333. The van der Waals surface area contributed by atoms with Crippen molar-refractivity contribution in [3.05, 3.63) is 51.9 Å². The van der Waals surface area contributed by atoms with Gasteiger partial charge in [-0.05, 0) is 31.0 Å². The molecule has 0 saturated heterocycles. The van der Waals surface area contributed by atoms with Gasteiger partial charge in [-0.3, -0.25) is 0 Å². The third-order valence-electron chi connectivity index (χ3n) is 3.43. The van der Waals surface area contributed by atoms with Crippen molar-refractivity contribution in [3.63, 3.8) is 0 Å². The summed E-state index contributed by atoms with van der Waals surface area (Å²) in [6.45, 7) is 0.282. The van der Waals surface area contributed by atoms with Gasteiger partial charge in [0.15, 0.2) is 0 Å². The molecular weight excluding hydrogens is 309 g/mol. The first-order valence-corrected chi connectivity index (χ1v) is 7.59. The number of aromatic nitrogens is 2. The largest absolute Gasteiger partial charge is 0.386 e. The molecule has 1 saturated carbocycles. The lowest BCUT2D eigenvalue weighted by molar-refractivity contribution is 0.191. The number of hydrogen-bond acceptors (Lipinski definition) is 4. The van der Waals surface area contributed by atoms with Crippen LogP contribution in [0.25, 0.3) is 0 Å². The normalized spacial score (nSPS) is 15.8. The van der Waals surface area contributed by atoms with E-state index in [9.17, 15) is 5.11 Å². The van der Waals surface area contributed by atoms with Crippen molar-refractivity contribution in [1.82, 2.24) is 9.97 Å². The average molecular weight is 324 g/mol. The maximum atomic E-state index is 10.3. The molecule has 0 aliphatic heterocycles. The summed E-state index contributed by atoms with van der Waals surface area (Å²) in [6, 6.07) is 6.96. The Hall–Kier alpha value is -1.36. The van der Waals surface area contributed by atoms with Gasteiger partial charge in [0, 0.05) is 34.3 Å². The summed E-state index contributed by atoms with van der Waals surface area (Å²) in [5.41, 5.74) is 0.532. The summed E-state index contributed by atoms with van der Waals surface area (Å²) in [5, 5.41) is 14.3. The lowest BCUT2D eigenvalue weighted by Crippen LogP contribution is -2.14. The van der Waals surface area contributed by atoms with Crippen molar-refractivity contribution < 1.29 is 5.11 Å². The molecule has 4 nitrogen and oxygen atoms in total. The standard InChI is InChI=1S/C15H15Cl2N3O/c16-10-2-1-3-11(17)14(10)12(21)8-19-13-6-7-18-15(20-13)9-4-5-9/h1-3,6-7,9,12,21H,4-5,8H2,(H,18,19,20). The van der Waals surface area contributed by atoms with Crippen molar-refractivity contribution in [1.29, 1.82) is 0 Å². The van der Waals surface area contributed by atoms with Gasteiger partial charge in [-0.15, -0.1) is 0 Å². The molecule has 21 heavy (non-hydrogen) atoms. The van der Waals surface area contributed by atoms with Gasteiger partial charge in [0.25, 0.3) is 0 Å². The molecular formula is C15H15Cl2N3O. The first kappa shape index (κ1) is 14.6. The minimum absolute atomic E-state index is 0.282. The van der Waals surface area contributed by atoms with Crippen LogP contribution in [0.15, 0.2) is 30.5 Å². The topological polar surface area (TPSA) is 58.0 Å². The molecule has 3 rings (SSSR count). The Balaban J connectivity index is 1.68. The van der Waals surface area contributed by atoms with E-state index in [0.29, 0.717) is 27.3 Å². The molecule has 1 aliphatic rings. The number of nitrogens with zero attached hydrogens (tertiary/aromatic N) is 2. The number of hydrogen-bond donors (Lipinski definition) is 2. The first-order chi connectivity index (χ1) is 10.1. The van der Waals surface area contributed by atoms with Crippen LogP contribution in [0.1, 0.15) is 36.3 Å². The van der Waals surface area contributed by atoms with Crippen LogP contribution in [-0.2, 0) is 0 Å². The summed E-state index contributed by atoms with van der Waals surface area (Å²) < 4.78 is 0. The summed E-state index contributed by atoms with van der Waals surface area (Å²) in [4.78, 5) is 8.70. The highest BCUT2D eigenvalue weighted by Gasteiger charge is 2.26. The molecule has 1 heterocycles. The summed E-state index contributed by atoms with van der Waals surface area (Å²) in [7, 11) is 0. The van der Waals surface area contributed by atoms with Crippen LogP contribution < -0.4 is 5.32 Å². The number of anilines is 1. The molecule has 1 unspecified atom stereocenters. The summed E-state index contributed by atoms with van der Waals surface area (Å²) >= 11 is 12.2. The lowest BCUT2D eigenvalue weighted by Gasteiger charge is -2.15. The van der Waals surface area contributed by atoms with Crippen LogP contribution in [0.2, 0.25) is 10.0 Å². The van der Waals surface area contributed by atoms with Crippen molar-refractivity contribution in [2.24, 2.45) is 0 Å². The van der Waals surface area contributed by atoms with Crippen LogP contribution in [0.5, 0.6) is 0 Å². The lowest BCUT2D eigenvalue weighted by atomic mass is 10.1. The third kappa shape index (κ3) is 3.46. The van der Waals surface area contributed by atoms with Crippen LogP contribution >= 0.6 is 23.2 Å². The van der Waals surface area contributed by atoms with Crippen LogP contribution in [0.3, 0.4) is 0 Å². The minimum Gasteiger partial charge on any atom is -0.386 e. The molecule has 2 aromatic rings. The maximum Gasteiger partial charge on any atom is 0.133 e. The molecule has 0 spiro atoms. The Kier molecular flexibility index (Phi) is 4.29. The Morgan fingerprint density at radius 2 is 1.95 bits per heavy atom.